The molecule has 1 aliphatic rings. The monoisotopic (exact) mass is 365 g/mol. The molecule has 0 aliphatic carbocycles. The molecule has 9 heteroatoms. The highest BCUT2D eigenvalue weighted by atomic mass is 28.4. The fourth-order valence-corrected chi connectivity index (χ4v) is 4.15. The van der Waals surface area contributed by atoms with Gasteiger partial charge in [0.1, 0.15) is 24.2 Å². The molecule has 3 N–H and O–H groups in total. The van der Waals surface area contributed by atoms with Crippen LogP contribution in [-0.2, 0) is 9.16 Å². The van der Waals surface area contributed by atoms with Gasteiger partial charge in [0.2, 0.25) is 0 Å². The van der Waals surface area contributed by atoms with E-state index in [1.165, 1.54) is 6.33 Å². The number of aliphatic hydroxyl groups is 1. The van der Waals surface area contributed by atoms with E-state index in [2.05, 4.69) is 48.8 Å². The summed E-state index contributed by atoms with van der Waals surface area (Å²) in [6.45, 7) is 10.9. The highest BCUT2D eigenvalue weighted by molar-refractivity contribution is 6.74. The first kappa shape index (κ1) is 18.2. The van der Waals surface area contributed by atoms with Crippen molar-refractivity contribution >= 4 is 25.3 Å². The fraction of sp³-hybridized carbons (Fsp3) is 0.688. The van der Waals surface area contributed by atoms with Gasteiger partial charge in [0, 0.05) is 6.42 Å². The van der Waals surface area contributed by atoms with Crippen molar-refractivity contribution in [1.82, 2.24) is 19.5 Å². The third kappa shape index (κ3) is 3.29. The van der Waals surface area contributed by atoms with E-state index in [1.807, 2.05) is 4.57 Å². The Morgan fingerprint density at radius 1 is 1.36 bits per heavy atom. The number of aliphatic hydroxyl groups excluding tert-OH is 1. The topological polar surface area (TPSA) is 108 Å². The summed E-state index contributed by atoms with van der Waals surface area (Å²) in [6, 6.07) is 0. The van der Waals surface area contributed by atoms with Gasteiger partial charge in [0.15, 0.2) is 19.8 Å². The Balaban J connectivity index is 1.85. The number of rotatable bonds is 4. The Labute approximate surface area is 148 Å². The molecule has 0 saturated carbocycles. The number of aromatic nitrogens is 4. The smallest absolute Gasteiger partial charge is 0.192 e. The lowest BCUT2D eigenvalue weighted by molar-refractivity contribution is -0.0410. The second-order valence-corrected chi connectivity index (χ2v) is 12.8. The highest BCUT2D eigenvalue weighted by Crippen LogP contribution is 2.41. The molecule has 2 aromatic rings. The van der Waals surface area contributed by atoms with Crippen LogP contribution in [0.3, 0.4) is 0 Å². The summed E-state index contributed by atoms with van der Waals surface area (Å²) in [7, 11) is -1.97. The lowest BCUT2D eigenvalue weighted by Crippen LogP contribution is -2.46. The van der Waals surface area contributed by atoms with E-state index in [-0.39, 0.29) is 30.1 Å². The van der Waals surface area contributed by atoms with Crippen LogP contribution >= 0.6 is 0 Å². The molecule has 0 spiro atoms. The summed E-state index contributed by atoms with van der Waals surface area (Å²) in [5.41, 5.74) is 7.04. The molecule has 25 heavy (non-hydrogen) atoms. The van der Waals surface area contributed by atoms with Gasteiger partial charge in [-0.05, 0) is 18.1 Å². The SMILES string of the molecule is CC(C)(C)[Si](C)(C)OC1C[C@H](n2cnc3c(N)ncnc32)O[C@@H]1CO. The summed E-state index contributed by atoms with van der Waals surface area (Å²) in [5, 5.41) is 9.84. The van der Waals surface area contributed by atoms with Gasteiger partial charge in [0.25, 0.3) is 0 Å². The predicted octanol–water partition coefficient (Wildman–Crippen LogP) is 2.08. The maximum atomic E-state index is 9.75. The van der Waals surface area contributed by atoms with Crippen LogP contribution < -0.4 is 5.73 Å². The second kappa shape index (κ2) is 6.31. The molecule has 2 aromatic heterocycles. The quantitative estimate of drug-likeness (QED) is 0.798. The lowest BCUT2D eigenvalue weighted by atomic mass is 10.2. The van der Waals surface area contributed by atoms with Crippen LogP contribution in [0.2, 0.25) is 18.1 Å². The molecule has 1 fully saturated rings. The van der Waals surface area contributed by atoms with Gasteiger partial charge in [-0.1, -0.05) is 20.8 Å². The molecule has 1 aliphatic heterocycles. The molecule has 3 heterocycles. The zero-order valence-electron chi connectivity index (χ0n) is 15.4. The van der Waals surface area contributed by atoms with E-state index < -0.39 is 8.32 Å². The summed E-state index contributed by atoms with van der Waals surface area (Å²) >= 11 is 0. The first-order valence-corrected chi connectivity index (χ1v) is 11.4. The molecule has 1 saturated heterocycles. The van der Waals surface area contributed by atoms with Crippen LogP contribution in [0, 0.1) is 0 Å². The lowest BCUT2D eigenvalue weighted by Gasteiger charge is -2.39. The predicted molar refractivity (Wildman–Crippen MR) is 97.4 cm³/mol. The van der Waals surface area contributed by atoms with Crippen molar-refractivity contribution in [3.8, 4) is 0 Å². The number of imidazole rings is 1. The minimum absolute atomic E-state index is 0.0838. The highest BCUT2D eigenvalue weighted by Gasteiger charge is 2.45. The van der Waals surface area contributed by atoms with Crippen molar-refractivity contribution in [2.75, 3.05) is 12.3 Å². The average molecular weight is 366 g/mol. The number of ether oxygens (including phenoxy) is 1. The third-order valence-electron chi connectivity index (χ3n) is 5.31. The fourth-order valence-electron chi connectivity index (χ4n) is 2.80. The minimum Gasteiger partial charge on any atom is -0.411 e. The van der Waals surface area contributed by atoms with E-state index >= 15 is 0 Å². The van der Waals surface area contributed by atoms with Gasteiger partial charge in [-0.15, -0.1) is 0 Å². The summed E-state index contributed by atoms with van der Waals surface area (Å²) < 4.78 is 14.4. The number of anilines is 1. The molecule has 1 unspecified atom stereocenters. The van der Waals surface area contributed by atoms with E-state index in [9.17, 15) is 5.11 Å². The summed E-state index contributed by atoms with van der Waals surface area (Å²) in [5.74, 6) is 0.342. The van der Waals surface area contributed by atoms with Crippen LogP contribution in [0.5, 0.6) is 0 Å². The third-order valence-corrected chi connectivity index (χ3v) is 9.81. The van der Waals surface area contributed by atoms with Gasteiger partial charge in [-0.3, -0.25) is 4.57 Å². The molecular formula is C16H27N5O3Si. The Morgan fingerprint density at radius 3 is 2.72 bits per heavy atom. The number of nitrogen functional groups attached to an aromatic ring is 1. The number of nitrogens with zero attached hydrogens (tertiary/aromatic N) is 4. The normalized spacial score (nSPS) is 25.0. The summed E-state index contributed by atoms with van der Waals surface area (Å²) in [6.07, 6.45) is 2.88. The number of fused-ring (bicyclic) bond motifs is 1. The van der Waals surface area contributed by atoms with Gasteiger partial charge in [-0.2, -0.15) is 0 Å². The molecule has 0 aromatic carbocycles. The van der Waals surface area contributed by atoms with Crippen LogP contribution in [0.25, 0.3) is 11.2 Å². The molecule has 3 rings (SSSR count). The second-order valence-electron chi connectivity index (χ2n) is 8.05. The van der Waals surface area contributed by atoms with Gasteiger partial charge in [-0.25, -0.2) is 15.0 Å². The molecule has 0 radical (unpaired) electrons. The van der Waals surface area contributed by atoms with Crippen molar-refractivity contribution in [2.45, 2.75) is 63.8 Å². The van der Waals surface area contributed by atoms with Crippen molar-refractivity contribution in [1.29, 1.82) is 0 Å². The van der Waals surface area contributed by atoms with Crippen LogP contribution in [0.4, 0.5) is 5.82 Å². The van der Waals surface area contributed by atoms with Gasteiger partial charge >= 0.3 is 0 Å². The van der Waals surface area contributed by atoms with E-state index in [1.54, 1.807) is 6.33 Å². The Bertz CT molecular complexity index is 758. The maximum absolute atomic E-state index is 9.75. The largest absolute Gasteiger partial charge is 0.411 e. The minimum atomic E-state index is -1.97. The maximum Gasteiger partial charge on any atom is 0.192 e. The zero-order chi connectivity index (χ0) is 18.4. The number of hydrogen-bond acceptors (Lipinski definition) is 7. The molecular weight excluding hydrogens is 338 g/mol. The Hall–Kier alpha value is -1.55. The van der Waals surface area contributed by atoms with E-state index in [4.69, 9.17) is 14.9 Å². The number of hydrogen-bond donors (Lipinski definition) is 2. The molecule has 8 nitrogen and oxygen atoms in total. The first-order chi connectivity index (χ1) is 11.6. The Morgan fingerprint density at radius 2 is 2.08 bits per heavy atom. The number of nitrogens with two attached hydrogens (primary N) is 1. The van der Waals surface area contributed by atoms with E-state index in [0.29, 0.717) is 23.4 Å². The summed E-state index contributed by atoms with van der Waals surface area (Å²) in [4.78, 5) is 12.5. The van der Waals surface area contributed by atoms with Crippen molar-refractivity contribution in [2.24, 2.45) is 0 Å². The van der Waals surface area contributed by atoms with Crippen LogP contribution in [0.15, 0.2) is 12.7 Å². The van der Waals surface area contributed by atoms with Crippen molar-refractivity contribution in [3.63, 3.8) is 0 Å². The van der Waals surface area contributed by atoms with Gasteiger partial charge < -0.3 is 20.0 Å². The molecule has 3 atom stereocenters. The van der Waals surface area contributed by atoms with Crippen LogP contribution in [-0.4, -0.2) is 51.8 Å². The van der Waals surface area contributed by atoms with Crippen molar-refractivity contribution < 1.29 is 14.3 Å². The first-order valence-electron chi connectivity index (χ1n) is 8.51. The van der Waals surface area contributed by atoms with Crippen LogP contribution in [0.1, 0.15) is 33.4 Å². The zero-order valence-corrected chi connectivity index (χ0v) is 16.4. The van der Waals surface area contributed by atoms with Gasteiger partial charge in [0.05, 0.1) is 19.0 Å². The molecule has 138 valence electrons. The molecule has 0 amide bonds. The Kier molecular flexibility index (Phi) is 4.61. The van der Waals surface area contributed by atoms with E-state index in [0.717, 1.165) is 0 Å². The van der Waals surface area contributed by atoms with Crippen molar-refractivity contribution in [3.05, 3.63) is 12.7 Å². The average Bonchev–Trinajstić information content (AvgIpc) is 3.10. The standard InChI is InChI=1S/C16H27N5O3Si/c1-16(2,3)25(4,5)24-10-6-12(23-11(10)7-22)21-9-20-13-14(17)18-8-19-15(13)21/h8-12,22H,6-7H2,1-5H3,(H2,17,18,19)/t10?,11-,12-/m1/s1. The molecule has 0 bridgehead atoms.